The molecule has 8 heteroatoms. The van der Waals surface area contributed by atoms with E-state index in [2.05, 4.69) is 10.5 Å². The molecule has 3 aromatic carbocycles. The molecule has 0 bridgehead atoms. The van der Waals surface area contributed by atoms with E-state index >= 15 is 0 Å². The number of ether oxygens (including phenoxy) is 1. The SMILES string of the molecule is CCOc1ccc(C2NC(=S)N(c3ccc(F)cc3)C(C)=C2c2nc(-c3ccccc3)no2)cc1. The van der Waals surface area contributed by atoms with Gasteiger partial charge in [0.25, 0.3) is 5.89 Å². The van der Waals surface area contributed by atoms with Gasteiger partial charge in [-0.3, -0.25) is 4.90 Å². The average molecular weight is 487 g/mol. The fourth-order valence-corrected chi connectivity index (χ4v) is 4.49. The van der Waals surface area contributed by atoms with Crippen molar-refractivity contribution >= 4 is 28.6 Å². The lowest BCUT2D eigenvalue weighted by molar-refractivity contribution is 0.340. The van der Waals surface area contributed by atoms with Crippen molar-refractivity contribution in [3.63, 3.8) is 0 Å². The highest BCUT2D eigenvalue weighted by molar-refractivity contribution is 7.80. The summed E-state index contributed by atoms with van der Waals surface area (Å²) >= 11 is 5.74. The molecule has 0 spiro atoms. The van der Waals surface area contributed by atoms with Crippen molar-refractivity contribution in [3.05, 3.63) is 102 Å². The van der Waals surface area contributed by atoms with Crippen molar-refractivity contribution in [2.75, 3.05) is 11.5 Å². The molecule has 0 radical (unpaired) electrons. The molecule has 0 aliphatic carbocycles. The van der Waals surface area contributed by atoms with E-state index in [1.807, 2.05) is 73.3 Å². The molecule has 1 N–H and O–H groups in total. The quantitative estimate of drug-likeness (QED) is 0.328. The third-order valence-corrected chi connectivity index (χ3v) is 6.08. The first-order valence-electron chi connectivity index (χ1n) is 11.2. The molecule has 0 saturated carbocycles. The van der Waals surface area contributed by atoms with E-state index in [0.29, 0.717) is 23.4 Å². The Bertz CT molecular complexity index is 1370. The first kappa shape index (κ1) is 22.7. The summed E-state index contributed by atoms with van der Waals surface area (Å²) < 4.78 is 25.0. The summed E-state index contributed by atoms with van der Waals surface area (Å²) in [5.41, 5.74) is 4.13. The lowest BCUT2D eigenvalue weighted by atomic mass is 9.94. The van der Waals surface area contributed by atoms with Crippen LogP contribution in [0.2, 0.25) is 0 Å². The molecule has 1 aromatic heterocycles. The van der Waals surface area contributed by atoms with Crippen molar-refractivity contribution in [1.29, 1.82) is 0 Å². The molecule has 0 fully saturated rings. The van der Waals surface area contributed by atoms with Crippen LogP contribution in [-0.4, -0.2) is 21.9 Å². The van der Waals surface area contributed by atoms with Crippen molar-refractivity contribution in [2.45, 2.75) is 19.9 Å². The monoisotopic (exact) mass is 486 g/mol. The van der Waals surface area contributed by atoms with Crippen molar-refractivity contribution in [2.24, 2.45) is 0 Å². The predicted molar refractivity (Wildman–Crippen MR) is 137 cm³/mol. The van der Waals surface area contributed by atoms with Gasteiger partial charge < -0.3 is 14.6 Å². The minimum atomic E-state index is -0.334. The van der Waals surface area contributed by atoms with Crippen molar-refractivity contribution in [1.82, 2.24) is 15.5 Å². The van der Waals surface area contributed by atoms with E-state index in [1.165, 1.54) is 12.1 Å². The molecular weight excluding hydrogens is 463 g/mol. The van der Waals surface area contributed by atoms with E-state index in [-0.39, 0.29) is 11.9 Å². The number of rotatable bonds is 6. The van der Waals surface area contributed by atoms with Crippen LogP contribution in [0, 0.1) is 5.82 Å². The first-order chi connectivity index (χ1) is 17.0. The van der Waals surface area contributed by atoms with Crippen LogP contribution >= 0.6 is 12.2 Å². The number of thiocarbonyl (C=S) groups is 1. The molecule has 4 aromatic rings. The second-order valence-electron chi connectivity index (χ2n) is 7.98. The Balaban J connectivity index is 1.62. The van der Waals surface area contributed by atoms with E-state index in [4.69, 9.17) is 26.5 Å². The number of halogens is 1. The Hall–Kier alpha value is -4.04. The average Bonchev–Trinajstić information content (AvgIpc) is 3.36. The highest BCUT2D eigenvalue weighted by Crippen LogP contribution is 2.39. The smallest absolute Gasteiger partial charge is 0.258 e. The molecule has 1 atom stereocenters. The van der Waals surface area contributed by atoms with Crippen LogP contribution in [0.25, 0.3) is 17.0 Å². The molecule has 0 amide bonds. The van der Waals surface area contributed by atoms with Gasteiger partial charge in [0.2, 0.25) is 5.82 Å². The molecule has 0 saturated heterocycles. The Morgan fingerprint density at radius 3 is 2.43 bits per heavy atom. The number of nitrogens with one attached hydrogen (secondary N) is 1. The fraction of sp³-hybridized carbons (Fsp3) is 0.148. The number of allylic oxidation sites excluding steroid dienone is 1. The number of benzene rings is 3. The van der Waals surface area contributed by atoms with Gasteiger partial charge in [0.1, 0.15) is 11.6 Å². The highest BCUT2D eigenvalue weighted by atomic mass is 32.1. The maximum atomic E-state index is 13.6. The molecule has 176 valence electrons. The standard InChI is InChI=1S/C27H23FN4O2S/c1-3-33-22-15-9-18(10-16-22)24-23(26-30-25(31-34-26)19-7-5-4-6-8-19)17(2)32(27(35)29-24)21-13-11-20(28)12-14-21/h4-16,24H,3H2,1-2H3,(H,29,35). The van der Waals surface area contributed by atoms with E-state index < -0.39 is 0 Å². The summed E-state index contributed by atoms with van der Waals surface area (Å²) in [7, 11) is 0. The highest BCUT2D eigenvalue weighted by Gasteiger charge is 2.34. The number of aromatic nitrogens is 2. The Morgan fingerprint density at radius 1 is 1.03 bits per heavy atom. The zero-order valence-corrected chi connectivity index (χ0v) is 20.1. The van der Waals surface area contributed by atoms with Gasteiger partial charge >= 0.3 is 0 Å². The van der Waals surface area contributed by atoms with Crippen LogP contribution in [-0.2, 0) is 0 Å². The summed E-state index contributed by atoms with van der Waals surface area (Å²) in [6, 6.07) is 23.3. The van der Waals surface area contributed by atoms with E-state index in [9.17, 15) is 4.39 Å². The summed E-state index contributed by atoms with van der Waals surface area (Å²) in [4.78, 5) is 6.56. The largest absolute Gasteiger partial charge is 0.494 e. The molecule has 35 heavy (non-hydrogen) atoms. The third kappa shape index (κ3) is 4.52. The molecular formula is C27H23FN4O2S. The zero-order chi connectivity index (χ0) is 24.4. The Labute approximate surface area is 208 Å². The lowest BCUT2D eigenvalue weighted by Gasteiger charge is -2.37. The minimum absolute atomic E-state index is 0.317. The summed E-state index contributed by atoms with van der Waals surface area (Å²) in [5, 5.41) is 8.12. The summed E-state index contributed by atoms with van der Waals surface area (Å²) in [5.74, 6) is 1.34. The van der Waals surface area contributed by atoms with Gasteiger partial charge in [-0.25, -0.2) is 4.39 Å². The molecule has 1 aliphatic rings. The van der Waals surface area contributed by atoms with Crippen LogP contribution < -0.4 is 15.0 Å². The first-order valence-corrected chi connectivity index (χ1v) is 11.6. The van der Waals surface area contributed by atoms with Gasteiger partial charge in [-0.15, -0.1) is 0 Å². The summed E-state index contributed by atoms with van der Waals surface area (Å²) in [6.07, 6.45) is 0. The van der Waals surface area contributed by atoms with Crippen LogP contribution in [0.5, 0.6) is 5.75 Å². The van der Waals surface area contributed by atoms with Crippen molar-refractivity contribution < 1.29 is 13.7 Å². The maximum absolute atomic E-state index is 13.6. The van der Waals surface area contributed by atoms with Gasteiger partial charge in [-0.1, -0.05) is 47.6 Å². The molecule has 1 unspecified atom stereocenters. The molecule has 6 nitrogen and oxygen atoms in total. The zero-order valence-electron chi connectivity index (χ0n) is 19.2. The van der Waals surface area contributed by atoms with Crippen LogP contribution in [0.1, 0.15) is 31.3 Å². The van der Waals surface area contributed by atoms with Gasteiger partial charge in [-0.2, -0.15) is 4.98 Å². The topological polar surface area (TPSA) is 63.4 Å². The second kappa shape index (κ2) is 9.68. The van der Waals surface area contributed by atoms with E-state index in [0.717, 1.165) is 33.8 Å². The fourth-order valence-electron chi connectivity index (χ4n) is 4.13. The molecule has 1 aliphatic heterocycles. The van der Waals surface area contributed by atoms with Gasteiger partial charge in [0.15, 0.2) is 5.11 Å². The van der Waals surface area contributed by atoms with Gasteiger partial charge in [0, 0.05) is 16.9 Å². The van der Waals surface area contributed by atoms with E-state index in [1.54, 1.807) is 12.1 Å². The second-order valence-corrected chi connectivity index (χ2v) is 8.37. The third-order valence-electron chi connectivity index (χ3n) is 5.78. The number of hydrogen-bond donors (Lipinski definition) is 1. The lowest BCUT2D eigenvalue weighted by Crippen LogP contribution is -2.46. The van der Waals surface area contributed by atoms with Crippen LogP contribution in [0.3, 0.4) is 0 Å². The predicted octanol–water partition coefficient (Wildman–Crippen LogP) is 6.14. The minimum Gasteiger partial charge on any atom is -0.494 e. The van der Waals surface area contributed by atoms with Gasteiger partial charge in [0.05, 0.1) is 18.2 Å². The Kier molecular flexibility index (Phi) is 6.29. The van der Waals surface area contributed by atoms with Gasteiger partial charge in [-0.05, 0) is 68.0 Å². The number of anilines is 1. The molecule has 5 rings (SSSR count). The summed E-state index contributed by atoms with van der Waals surface area (Å²) in [6.45, 7) is 4.48. The number of nitrogens with zero attached hydrogens (tertiary/aromatic N) is 3. The Morgan fingerprint density at radius 2 is 1.74 bits per heavy atom. The van der Waals surface area contributed by atoms with Crippen molar-refractivity contribution in [3.8, 4) is 17.1 Å². The maximum Gasteiger partial charge on any atom is 0.258 e. The molecule has 2 heterocycles. The van der Waals surface area contributed by atoms with Crippen LogP contribution in [0.4, 0.5) is 10.1 Å². The van der Waals surface area contributed by atoms with Crippen LogP contribution in [0.15, 0.2) is 89.1 Å². The number of hydrogen-bond acceptors (Lipinski definition) is 5. The normalized spacial score (nSPS) is 15.8.